The van der Waals surface area contributed by atoms with Crippen LogP contribution in [0, 0.1) is 6.92 Å². The van der Waals surface area contributed by atoms with Gasteiger partial charge in [0, 0.05) is 30.7 Å². The van der Waals surface area contributed by atoms with Crippen molar-refractivity contribution in [3.63, 3.8) is 0 Å². The van der Waals surface area contributed by atoms with Crippen molar-refractivity contribution in [2.24, 2.45) is 0 Å². The first-order chi connectivity index (χ1) is 13.2. The van der Waals surface area contributed by atoms with Gasteiger partial charge in [-0.05, 0) is 54.4 Å². The van der Waals surface area contributed by atoms with Gasteiger partial charge in [0.15, 0.2) is 0 Å². The summed E-state index contributed by atoms with van der Waals surface area (Å²) in [5, 5.41) is 11.5. The second-order valence-corrected chi connectivity index (χ2v) is 6.27. The number of aryl methyl sites for hydroxylation is 1. The molecule has 2 aromatic carbocycles. The summed E-state index contributed by atoms with van der Waals surface area (Å²) in [6, 6.07) is 17.1. The number of para-hydroxylation sites is 1. The predicted molar refractivity (Wildman–Crippen MR) is 103 cm³/mol. The maximum absolute atomic E-state index is 12.5. The van der Waals surface area contributed by atoms with Gasteiger partial charge in [-0.2, -0.15) is 10.2 Å². The van der Waals surface area contributed by atoms with Crippen molar-refractivity contribution in [2.45, 2.75) is 13.5 Å². The topological polar surface area (TPSA) is 64.7 Å². The molecule has 4 aromatic rings. The van der Waals surface area contributed by atoms with E-state index in [0.717, 1.165) is 22.5 Å². The van der Waals surface area contributed by atoms with Crippen molar-refractivity contribution >= 4 is 5.91 Å². The average molecular weight is 357 g/mol. The van der Waals surface area contributed by atoms with E-state index in [1.54, 1.807) is 33.9 Å². The molecule has 0 aliphatic rings. The lowest BCUT2D eigenvalue weighted by molar-refractivity contribution is 0.0951. The highest BCUT2D eigenvalue weighted by molar-refractivity contribution is 5.94. The number of amides is 1. The predicted octanol–water partition coefficient (Wildman–Crippen LogP) is 3.30. The van der Waals surface area contributed by atoms with Gasteiger partial charge in [-0.15, -0.1) is 0 Å². The first-order valence-electron chi connectivity index (χ1n) is 8.68. The Balaban J connectivity index is 1.46. The van der Waals surface area contributed by atoms with Crippen LogP contribution in [0.25, 0.3) is 11.4 Å². The van der Waals surface area contributed by atoms with E-state index in [9.17, 15) is 4.79 Å². The van der Waals surface area contributed by atoms with Crippen molar-refractivity contribution in [3.8, 4) is 11.4 Å². The van der Waals surface area contributed by atoms with Crippen molar-refractivity contribution < 1.29 is 4.79 Å². The van der Waals surface area contributed by atoms with E-state index in [1.807, 2.05) is 61.8 Å². The zero-order chi connectivity index (χ0) is 18.6. The Bertz CT molecular complexity index is 1050. The SMILES string of the molecule is Cc1cnn(-c2ccc(C(=O)NCc3ccccc3-n3cccn3)cc2)c1. The van der Waals surface area contributed by atoms with Crippen LogP contribution in [0.15, 0.2) is 79.4 Å². The fraction of sp³-hybridized carbons (Fsp3) is 0.0952. The van der Waals surface area contributed by atoms with Crippen LogP contribution in [0.3, 0.4) is 0 Å². The Morgan fingerprint density at radius 3 is 2.52 bits per heavy atom. The van der Waals surface area contributed by atoms with Gasteiger partial charge in [0.2, 0.25) is 0 Å². The second-order valence-electron chi connectivity index (χ2n) is 6.27. The lowest BCUT2D eigenvalue weighted by atomic mass is 10.1. The number of hydrogen-bond acceptors (Lipinski definition) is 3. The molecule has 0 saturated carbocycles. The van der Waals surface area contributed by atoms with Crippen molar-refractivity contribution in [1.29, 1.82) is 0 Å². The van der Waals surface area contributed by atoms with Gasteiger partial charge in [-0.3, -0.25) is 4.79 Å². The molecule has 0 radical (unpaired) electrons. The molecule has 1 amide bonds. The zero-order valence-corrected chi connectivity index (χ0v) is 14.9. The van der Waals surface area contributed by atoms with E-state index < -0.39 is 0 Å². The quantitative estimate of drug-likeness (QED) is 0.596. The first kappa shape index (κ1) is 16.8. The van der Waals surface area contributed by atoms with Crippen LogP contribution in [0.4, 0.5) is 0 Å². The Morgan fingerprint density at radius 1 is 1.00 bits per heavy atom. The van der Waals surface area contributed by atoms with E-state index in [1.165, 1.54) is 0 Å². The fourth-order valence-electron chi connectivity index (χ4n) is 2.89. The van der Waals surface area contributed by atoms with Crippen molar-refractivity contribution in [2.75, 3.05) is 0 Å². The summed E-state index contributed by atoms with van der Waals surface area (Å²) < 4.78 is 3.58. The van der Waals surface area contributed by atoms with Gasteiger partial charge < -0.3 is 5.32 Å². The summed E-state index contributed by atoms with van der Waals surface area (Å²) in [7, 11) is 0. The molecule has 4 rings (SSSR count). The maximum Gasteiger partial charge on any atom is 0.251 e. The van der Waals surface area contributed by atoms with Gasteiger partial charge in [0.1, 0.15) is 0 Å². The van der Waals surface area contributed by atoms with Gasteiger partial charge in [-0.1, -0.05) is 18.2 Å². The molecule has 0 bridgehead atoms. The minimum atomic E-state index is -0.117. The molecule has 0 spiro atoms. The Hall–Kier alpha value is -3.67. The number of rotatable bonds is 5. The Kier molecular flexibility index (Phi) is 4.53. The van der Waals surface area contributed by atoms with Gasteiger partial charge in [-0.25, -0.2) is 9.36 Å². The molecular formula is C21H19N5O. The molecule has 2 aromatic heterocycles. The number of nitrogens with one attached hydrogen (secondary N) is 1. The normalized spacial score (nSPS) is 10.7. The van der Waals surface area contributed by atoms with Crippen LogP contribution in [-0.4, -0.2) is 25.5 Å². The highest BCUT2D eigenvalue weighted by Crippen LogP contribution is 2.14. The van der Waals surface area contributed by atoms with Crippen molar-refractivity contribution in [3.05, 3.63) is 96.1 Å². The fourth-order valence-corrected chi connectivity index (χ4v) is 2.89. The molecule has 1 N–H and O–H groups in total. The van der Waals surface area contributed by atoms with E-state index in [-0.39, 0.29) is 5.91 Å². The number of carbonyl (C=O) groups excluding carboxylic acids is 1. The number of nitrogens with zero attached hydrogens (tertiary/aromatic N) is 4. The molecule has 0 atom stereocenters. The molecule has 134 valence electrons. The minimum Gasteiger partial charge on any atom is -0.348 e. The van der Waals surface area contributed by atoms with Crippen LogP contribution in [0.5, 0.6) is 0 Å². The minimum absolute atomic E-state index is 0.117. The molecule has 27 heavy (non-hydrogen) atoms. The lowest BCUT2D eigenvalue weighted by Crippen LogP contribution is -2.23. The molecule has 2 heterocycles. The first-order valence-corrected chi connectivity index (χ1v) is 8.68. The second kappa shape index (κ2) is 7.29. The molecule has 6 heteroatoms. The van der Waals surface area contributed by atoms with E-state index in [0.29, 0.717) is 12.1 Å². The maximum atomic E-state index is 12.5. The van der Waals surface area contributed by atoms with Gasteiger partial charge in [0.25, 0.3) is 5.91 Å². The van der Waals surface area contributed by atoms with E-state index in [2.05, 4.69) is 15.5 Å². The third-order valence-corrected chi connectivity index (χ3v) is 4.29. The van der Waals surface area contributed by atoms with Crippen LogP contribution < -0.4 is 5.32 Å². The Labute approximate surface area is 157 Å². The molecule has 6 nitrogen and oxygen atoms in total. The molecule has 0 saturated heterocycles. The molecular weight excluding hydrogens is 338 g/mol. The lowest BCUT2D eigenvalue weighted by Gasteiger charge is -2.11. The summed E-state index contributed by atoms with van der Waals surface area (Å²) in [4.78, 5) is 12.5. The monoisotopic (exact) mass is 357 g/mol. The summed E-state index contributed by atoms with van der Waals surface area (Å²) in [6.45, 7) is 2.42. The van der Waals surface area contributed by atoms with Gasteiger partial charge >= 0.3 is 0 Å². The summed E-state index contributed by atoms with van der Waals surface area (Å²) >= 11 is 0. The summed E-state index contributed by atoms with van der Waals surface area (Å²) in [6.07, 6.45) is 7.37. The summed E-state index contributed by atoms with van der Waals surface area (Å²) in [5.74, 6) is -0.117. The zero-order valence-electron chi connectivity index (χ0n) is 14.9. The highest BCUT2D eigenvalue weighted by atomic mass is 16.1. The van der Waals surface area contributed by atoms with Crippen molar-refractivity contribution in [1.82, 2.24) is 24.9 Å². The number of aromatic nitrogens is 4. The third kappa shape index (κ3) is 3.64. The van der Waals surface area contributed by atoms with E-state index >= 15 is 0 Å². The standard InChI is InChI=1S/C21H19N5O/c1-16-13-24-26(15-16)19-9-7-17(8-10-19)21(27)22-14-18-5-2-3-6-20(18)25-12-4-11-23-25/h2-13,15H,14H2,1H3,(H,22,27). The van der Waals surface area contributed by atoms with Crippen LogP contribution in [-0.2, 0) is 6.54 Å². The van der Waals surface area contributed by atoms with Crippen LogP contribution >= 0.6 is 0 Å². The van der Waals surface area contributed by atoms with Crippen LogP contribution in [0.1, 0.15) is 21.5 Å². The van der Waals surface area contributed by atoms with Gasteiger partial charge in [0.05, 0.1) is 17.6 Å². The molecule has 0 unspecified atom stereocenters. The summed E-state index contributed by atoms with van der Waals surface area (Å²) in [5.41, 5.74) is 4.57. The number of benzene rings is 2. The number of hydrogen-bond donors (Lipinski definition) is 1. The van der Waals surface area contributed by atoms with E-state index in [4.69, 9.17) is 0 Å². The largest absolute Gasteiger partial charge is 0.348 e. The molecule has 0 aliphatic heterocycles. The number of carbonyl (C=O) groups is 1. The molecule has 0 aliphatic carbocycles. The average Bonchev–Trinajstić information content (AvgIpc) is 3.38. The van der Waals surface area contributed by atoms with Crippen LogP contribution in [0.2, 0.25) is 0 Å². The smallest absolute Gasteiger partial charge is 0.251 e. The highest BCUT2D eigenvalue weighted by Gasteiger charge is 2.09. The molecule has 0 fully saturated rings. The third-order valence-electron chi connectivity index (χ3n) is 4.29. The Morgan fingerprint density at radius 2 is 1.81 bits per heavy atom.